The summed E-state index contributed by atoms with van der Waals surface area (Å²) in [6, 6.07) is 60.5. The highest BCUT2D eigenvalue weighted by molar-refractivity contribution is 6.12. The summed E-state index contributed by atoms with van der Waals surface area (Å²) in [6.07, 6.45) is 4.34. The van der Waals surface area contributed by atoms with Crippen LogP contribution in [0, 0.1) is 23.7 Å². The van der Waals surface area contributed by atoms with E-state index in [1.54, 1.807) is 0 Å². The lowest BCUT2D eigenvalue weighted by Gasteiger charge is -2.11. The quantitative estimate of drug-likeness (QED) is 0.127. The Bertz CT molecular complexity index is 3250. The zero-order valence-electron chi connectivity index (χ0n) is 40.5. The molecular formula is C64H63N3. The number of H-pyrrole nitrogens is 1. The molecule has 0 bridgehead atoms. The average molecular weight is 874 g/mol. The molecule has 67 heavy (non-hydrogen) atoms. The minimum atomic E-state index is 0.615. The van der Waals surface area contributed by atoms with E-state index < -0.39 is 0 Å². The Morgan fingerprint density at radius 2 is 0.582 bits per heavy atom. The van der Waals surface area contributed by atoms with Crippen LogP contribution in [0.2, 0.25) is 0 Å². The van der Waals surface area contributed by atoms with Crippen LogP contribution in [0.15, 0.2) is 158 Å². The summed E-state index contributed by atoms with van der Waals surface area (Å²) in [6.45, 7) is 18.5. The highest BCUT2D eigenvalue weighted by Gasteiger charge is 2.18. The van der Waals surface area contributed by atoms with Gasteiger partial charge in [0, 0.05) is 54.7 Å². The van der Waals surface area contributed by atoms with E-state index in [1.807, 2.05) is 0 Å². The number of benzene rings is 8. The van der Waals surface area contributed by atoms with Crippen LogP contribution in [0.3, 0.4) is 0 Å². The predicted octanol–water partition coefficient (Wildman–Crippen LogP) is 17.6. The molecule has 0 fully saturated rings. The van der Waals surface area contributed by atoms with Gasteiger partial charge in [-0.25, -0.2) is 0 Å². The SMILES string of the molecule is CC(C)Cc1ccc2c(c1)c1cc(CC(C)C)ccc1n2-c1ccc(-c2ccc3[nH]c4ccc(-c5ccc(-n6c7ccc(CC(C)C)cc7c7cc(CC(C)C)ccc76)cc5)cc4c3c2)cc1. The molecular weight excluding hydrogens is 811 g/mol. The van der Waals surface area contributed by atoms with Crippen molar-refractivity contribution < 1.29 is 0 Å². The summed E-state index contributed by atoms with van der Waals surface area (Å²) in [5, 5.41) is 7.86. The third kappa shape index (κ3) is 8.03. The van der Waals surface area contributed by atoms with Crippen molar-refractivity contribution in [2.45, 2.75) is 81.1 Å². The molecule has 3 nitrogen and oxygen atoms in total. The zero-order valence-corrected chi connectivity index (χ0v) is 40.5. The van der Waals surface area contributed by atoms with Crippen LogP contribution < -0.4 is 0 Å². The van der Waals surface area contributed by atoms with E-state index in [4.69, 9.17) is 0 Å². The maximum Gasteiger partial charge on any atom is 0.0541 e. The van der Waals surface area contributed by atoms with Crippen LogP contribution in [0.25, 0.3) is 99.0 Å². The van der Waals surface area contributed by atoms with Crippen molar-refractivity contribution >= 4 is 65.4 Å². The van der Waals surface area contributed by atoms with Crippen molar-refractivity contribution in [3.8, 4) is 33.6 Å². The Morgan fingerprint density at radius 1 is 0.299 bits per heavy atom. The van der Waals surface area contributed by atoms with Gasteiger partial charge in [0.25, 0.3) is 0 Å². The lowest BCUT2D eigenvalue weighted by molar-refractivity contribution is 0.647. The van der Waals surface area contributed by atoms with E-state index >= 15 is 0 Å². The van der Waals surface area contributed by atoms with E-state index in [0.29, 0.717) is 23.7 Å². The fourth-order valence-corrected chi connectivity index (χ4v) is 11.0. The van der Waals surface area contributed by atoms with Crippen molar-refractivity contribution in [1.82, 2.24) is 14.1 Å². The topological polar surface area (TPSA) is 25.6 Å². The predicted molar refractivity (Wildman–Crippen MR) is 290 cm³/mol. The van der Waals surface area contributed by atoms with Gasteiger partial charge in [0.15, 0.2) is 0 Å². The first-order valence-corrected chi connectivity index (χ1v) is 24.8. The number of hydrogen-bond acceptors (Lipinski definition) is 0. The lowest BCUT2D eigenvalue weighted by atomic mass is 9.99. The number of aromatic amines is 1. The summed E-state index contributed by atoms with van der Waals surface area (Å²) in [7, 11) is 0. The second-order valence-corrected chi connectivity index (χ2v) is 21.2. The minimum absolute atomic E-state index is 0.615. The van der Waals surface area contributed by atoms with Crippen molar-refractivity contribution in [3.05, 3.63) is 180 Å². The Morgan fingerprint density at radius 3 is 0.866 bits per heavy atom. The number of nitrogens with zero attached hydrogens (tertiary/aromatic N) is 2. The monoisotopic (exact) mass is 874 g/mol. The van der Waals surface area contributed by atoms with Crippen LogP contribution >= 0.6 is 0 Å². The third-order valence-electron chi connectivity index (χ3n) is 13.9. The summed E-state index contributed by atoms with van der Waals surface area (Å²) in [4.78, 5) is 3.71. The highest BCUT2D eigenvalue weighted by Crippen LogP contribution is 2.39. The Kier molecular flexibility index (Phi) is 10.9. The largest absolute Gasteiger partial charge is 0.355 e. The van der Waals surface area contributed by atoms with Crippen molar-refractivity contribution in [2.75, 3.05) is 0 Å². The molecule has 8 aromatic carbocycles. The molecule has 0 aliphatic heterocycles. The normalized spacial score (nSPS) is 12.4. The zero-order chi connectivity index (χ0) is 46.1. The number of rotatable bonds is 12. The average Bonchev–Trinajstić information content (AvgIpc) is 3.94. The standard InChI is InChI=1S/C64H63N3/c1-39(2)29-43-9-25-61-55(33-43)56-34-44(30-40(3)4)10-26-62(56)66(61)51-19-13-47(14-20-51)49-17-23-59-53(37-49)54-38-50(18-24-60(54)65-59)48-15-21-52(22-16-48)67-63-27-11-45(31-41(5)6)35-57(63)58-36-46(32-42(7)8)12-28-64(58)67/h9-28,33-42,65H,29-32H2,1-8H3. The lowest BCUT2D eigenvalue weighted by Crippen LogP contribution is -1.96. The Hall–Kier alpha value is -6.84. The molecule has 334 valence electrons. The first kappa shape index (κ1) is 42.8. The van der Waals surface area contributed by atoms with Gasteiger partial charge in [-0.05, 0) is 191 Å². The van der Waals surface area contributed by atoms with E-state index in [2.05, 4.69) is 227 Å². The fraction of sp³-hybridized carbons (Fsp3) is 0.250. The maximum absolute atomic E-state index is 3.71. The van der Waals surface area contributed by atoms with Gasteiger partial charge in [-0.2, -0.15) is 0 Å². The molecule has 0 saturated carbocycles. The van der Waals surface area contributed by atoms with E-state index in [9.17, 15) is 0 Å². The van der Waals surface area contributed by atoms with Gasteiger partial charge < -0.3 is 14.1 Å². The van der Waals surface area contributed by atoms with Gasteiger partial charge >= 0.3 is 0 Å². The molecule has 1 N–H and O–H groups in total. The van der Waals surface area contributed by atoms with Gasteiger partial charge in [-0.3, -0.25) is 0 Å². The number of nitrogens with one attached hydrogen (secondary N) is 1. The molecule has 0 radical (unpaired) electrons. The van der Waals surface area contributed by atoms with Gasteiger partial charge in [0.2, 0.25) is 0 Å². The van der Waals surface area contributed by atoms with Gasteiger partial charge in [-0.15, -0.1) is 0 Å². The van der Waals surface area contributed by atoms with Crippen LogP contribution in [0.5, 0.6) is 0 Å². The third-order valence-corrected chi connectivity index (χ3v) is 13.9. The molecule has 11 aromatic rings. The minimum Gasteiger partial charge on any atom is -0.355 e. The van der Waals surface area contributed by atoms with Crippen LogP contribution in [0.4, 0.5) is 0 Å². The van der Waals surface area contributed by atoms with E-state index in [0.717, 1.165) is 36.7 Å². The molecule has 0 unspecified atom stereocenters. The van der Waals surface area contributed by atoms with Gasteiger partial charge in [0.1, 0.15) is 0 Å². The number of fused-ring (bicyclic) bond motifs is 9. The molecule has 0 atom stereocenters. The summed E-state index contributed by atoms with van der Waals surface area (Å²) in [5.41, 5.74) is 20.2. The second-order valence-electron chi connectivity index (χ2n) is 21.2. The van der Waals surface area contributed by atoms with Gasteiger partial charge in [0.05, 0.1) is 22.1 Å². The van der Waals surface area contributed by atoms with Crippen molar-refractivity contribution in [3.63, 3.8) is 0 Å². The molecule has 0 amide bonds. The van der Waals surface area contributed by atoms with Crippen molar-refractivity contribution in [2.24, 2.45) is 23.7 Å². The molecule has 0 spiro atoms. The molecule has 0 saturated heterocycles. The molecule has 0 aliphatic carbocycles. The maximum atomic E-state index is 3.71. The number of hydrogen-bond donors (Lipinski definition) is 1. The first-order chi connectivity index (χ1) is 32.4. The van der Waals surface area contributed by atoms with Gasteiger partial charge in [-0.1, -0.05) is 116 Å². The molecule has 3 heterocycles. The van der Waals surface area contributed by atoms with Crippen LogP contribution in [0.1, 0.15) is 77.6 Å². The first-order valence-electron chi connectivity index (χ1n) is 24.8. The van der Waals surface area contributed by atoms with Crippen molar-refractivity contribution in [1.29, 1.82) is 0 Å². The summed E-state index contributed by atoms with van der Waals surface area (Å²) >= 11 is 0. The van der Waals surface area contributed by atoms with E-state index in [1.165, 1.54) is 110 Å². The van der Waals surface area contributed by atoms with Crippen LogP contribution in [-0.4, -0.2) is 14.1 Å². The summed E-state index contributed by atoms with van der Waals surface area (Å²) in [5.74, 6) is 2.46. The number of aromatic nitrogens is 3. The molecule has 3 aromatic heterocycles. The second kappa shape index (κ2) is 17.1. The molecule has 11 rings (SSSR count). The Labute approximate surface area is 396 Å². The van der Waals surface area contributed by atoms with Crippen LogP contribution in [-0.2, 0) is 25.7 Å². The smallest absolute Gasteiger partial charge is 0.0541 e. The fourth-order valence-electron chi connectivity index (χ4n) is 11.0. The summed E-state index contributed by atoms with van der Waals surface area (Å²) < 4.78 is 4.92. The molecule has 0 aliphatic rings. The molecule has 3 heteroatoms. The van der Waals surface area contributed by atoms with E-state index in [-0.39, 0.29) is 0 Å². The highest BCUT2D eigenvalue weighted by atomic mass is 15.0. The Balaban J connectivity index is 0.923.